The molecule has 0 aliphatic carbocycles. The Morgan fingerprint density at radius 1 is 1.17 bits per heavy atom. The zero-order valence-electron chi connectivity index (χ0n) is 19.0. The van der Waals surface area contributed by atoms with Gasteiger partial charge in [-0.3, -0.25) is 4.79 Å². The van der Waals surface area contributed by atoms with Crippen molar-refractivity contribution in [1.29, 1.82) is 5.26 Å². The summed E-state index contributed by atoms with van der Waals surface area (Å²) in [6, 6.07) is 8.79. The van der Waals surface area contributed by atoms with Crippen molar-refractivity contribution in [3.05, 3.63) is 65.4 Å². The van der Waals surface area contributed by atoms with Gasteiger partial charge in [-0.15, -0.1) is 0 Å². The molecule has 12 nitrogen and oxygen atoms in total. The predicted molar refractivity (Wildman–Crippen MR) is 126 cm³/mol. The van der Waals surface area contributed by atoms with Crippen molar-refractivity contribution >= 4 is 24.1 Å². The third kappa shape index (κ3) is 4.31. The highest BCUT2D eigenvalue weighted by atomic mass is 19.1. The number of carbonyl (C=O) groups excluding carboxylic acids is 2. The molecule has 2 aliphatic rings. The van der Waals surface area contributed by atoms with Gasteiger partial charge < -0.3 is 15.5 Å². The summed E-state index contributed by atoms with van der Waals surface area (Å²) in [4.78, 5) is 36.5. The summed E-state index contributed by atoms with van der Waals surface area (Å²) in [6.07, 6.45) is 5.84. The van der Waals surface area contributed by atoms with Crippen LogP contribution in [-0.4, -0.2) is 74.0 Å². The van der Waals surface area contributed by atoms with Crippen LogP contribution in [0.4, 0.5) is 15.1 Å². The Hall–Kier alpha value is -4.86. The van der Waals surface area contributed by atoms with E-state index in [1.165, 1.54) is 17.4 Å². The first-order valence-corrected chi connectivity index (χ1v) is 11.2. The van der Waals surface area contributed by atoms with Gasteiger partial charge >= 0.3 is 6.03 Å². The molecule has 1 saturated heterocycles. The molecule has 4 heterocycles. The largest absolute Gasteiger partial charge is 0.366 e. The van der Waals surface area contributed by atoms with Crippen molar-refractivity contribution in [2.45, 2.75) is 12.5 Å². The standard InChI is InChI=1S/C23H21FN10O2/c24-18-13-27-22(30-21(18)33-14-17(12-29-33)20(26)35)31-6-8-32(9-7-31)23(36)34-19(4-5-28-34)16-3-1-2-15(10-16)11-25/h1-3,5,10,12-14,19H,4,6-9H2,(H2,26,35). The SMILES string of the molecule is N#Cc1cccc(C2CC=NN2C(=O)N2CCN(c3ncc(F)c(-n4cc(C(N)=O)cn4)n3)CC2)c1. The van der Waals surface area contributed by atoms with E-state index >= 15 is 0 Å². The van der Waals surface area contributed by atoms with Gasteiger partial charge in [-0.05, 0) is 17.7 Å². The predicted octanol–water partition coefficient (Wildman–Crippen LogP) is 1.45. The zero-order chi connectivity index (χ0) is 25.2. The fourth-order valence-electron chi connectivity index (χ4n) is 4.16. The van der Waals surface area contributed by atoms with Crippen LogP contribution in [0, 0.1) is 17.1 Å². The van der Waals surface area contributed by atoms with Gasteiger partial charge in [-0.2, -0.15) is 20.4 Å². The maximum absolute atomic E-state index is 14.4. The Balaban J connectivity index is 1.27. The van der Waals surface area contributed by atoms with E-state index in [2.05, 4.69) is 26.2 Å². The number of carbonyl (C=O) groups is 2. The first-order chi connectivity index (χ1) is 17.4. The van der Waals surface area contributed by atoms with E-state index in [0.29, 0.717) is 38.2 Å². The Labute approximate surface area is 205 Å². The lowest BCUT2D eigenvalue weighted by Gasteiger charge is -2.37. The van der Waals surface area contributed by atoms with Crippen molar-refractivity contribution in [3.63, 3.8) is 0 Å². The maximum atomic E-state index is 14.4. The molecule has 1 unspecified atom stereocenters. The zero-order valence-corrected chi connectivity index (χ0v) is 19.0. The highest BCUT2D eigenvalue weighted by Crippen LogP contribution is 2.30. The van der Waals surface area contributed by atoms with E-state index in [0.717, 1.165) is 16.4 Å². The number of benzene rings is 1. The monoisotopic (exact) mass is 488 g/mol. The molecule has 0 bridgehead atoms. The van der Waals surface area contributed by atoms with Crippen LogP contribution in [-0.2, 0) is 0 Å². The van der Waals surface area contributed by atoms with Crippen LogP contribution in [0.2, 0.25) is 0 Å². The molecule has 1 atom stereocenters. The number of urea groups is 1. The second-order valence-corrected chi connectivity index (χ2v) is 8.27. The number of hydrazone groups is 1. The molecular weight excluding hydrogens is 467 g/mol. The molecule has 36 heavy (non-hydrogen) atoms. The number of primary amides is 1. The molecule has 182 valence electrons. The second-order valence-electron chi connectivity index (χ2n) is 8.27. The lowest BCUT2D eigenvalue weighted by molar-refractivity contribution is 0.1000. The molecule has 3 aromatic rings. The number of amides is 3. The number of anilines is 1. The number of nitrogens with two attached hydrogens (primary N) is 1. The number of aromatic nitrogens is 4. The highest BCUT2D eigenvalue weighted by Gasteiger charge is 2.33. The summed E-state index contributed by atoms with van der Waals surface area (Å²) in [7, 11) is 0. The molecule has 0 radical (unpaired) electrons. The third-order valence-corrected chi connectivity index (χ3v) is 6.06. The first kappa shape index (κ1) is 22.9. The molecule has 0 spiro atoms. The summed E-state index contributed by atoms with van der Waals surface area (Å²) in [5, 5.41) is 18.9. The summed E-state index contributed by atoms with van der Waals surface area (Å²) in [6.45, 7) is 1.63. The molecule has 13 heteroatoms. The summed E-state index contributed by atoms with van der Waals surface area (Å²) in [5.41, 5.74) is 6.75. The van der Waals surface area contributed by atoms with Gasteiger partial charge in [-0.1, -0.05) is 12.1 Å². The molecule has 5 rings (SSSR count). The molecule has 1 fully saturated rings. The summed E-state index contributed by atoms with van der Waals surface area (Å²) >= 11 is 0. The number of rotatable bonds is 4. The van der Waals surface area contributed by atoms with E-state index in [9.17, 15) is 19.2 Å². The van der Waals surface area contributed by atoms with Gasteiger partial charge in [0.15, 0.2) is 11.6 Å². The molecule has 2 aromatic heterocycles. The van der Waals surface area contributed by atoms with Gasteiger partial charge in [0, 0.05) is 45.0 Å². The van der Waals surface area contributed by atoms with E-state index in [4.69, 9.17) is 5.73 Å². The Kier molecular flexibility index (Phi) is 5.99. The van der Waals surface area contributed by atoms with Gasteiger partial charge in [0.2, 0.25) is 5.95 Å². The molecule has 3 amide bonds. The van der Waals surface area contributed by atoms with Crippen LogP contribution in [0.3, 0.4) is 0 Å². The van der Waals surface area contributed by atoms with Gasteiger partial charge in [0.05, 0.1) is 35.6 Å². The minimum atomic E-state index is -0.704. The number of piperazine rings is 1. The molecule has 2 N–H and O–H groups in total. The van der Waals surface area contributed by atoms with Crippen LogP contribution in [0.1, 0.15) is 33.9 Å². The Morgan fingerprint density at radius 2 is 1.97 bits per heavy atom. The normalized spacial score (nSPS) is 17.3. The molecule has 1 aromatic carbocycles. The Morgan fingerprint density at radius 3 is 2.69 bits per heavy atom. The minimum Gasteiger partial charge on any atom is -0.366 e. The van der Waals surface area contributed by atoms with Crippen LogP contribution in [0.15, 0.2) is 48.0 Å². The second kappa shape index (κ2) is 9.41. The fraction of sp³-hybridized carbons (Fsp3) is 0.261. The lowest BCUT2D eigenvalue weighted by atomic mass is 10.0. The molecular formula is C23H21FN10O2. The number of hydrogen-bond acceptors (Lipinski definition) is 8. The van der Waals surface area contributed by atoms with Crippen molar-refractivity contribution < 1.29 is 14.0 Å². The molecule has 2 aliphatic heterocycles. The maximum Gasteiger partial charge on any atom is 0.341 e. The van der Waals surface area contributed by atoms with Crippen LogP contribution >= 0.6 is 0 Å². The van der Waals surface area contributed by atoms with E-state index < -0.39 is 11.7 Å². The number of halogens is 1. The van der Waals surface area contributed by atoms with Gasteiger partial charge in [0.25, 0.3) is 5.91 Å². The smallest absolute Gasteiger partial charge is 0.341 e. The topological polar surface area (TPSA) is 150 Å². The first-order valence-electron chi connectivity index (χ1n) is 11.2. The van der Waals surface area contributed by atoms with E-state index in [1.807, 2.05) is 11.0 Å². The molecule has 0 saturated carbocycles. The van der Waals surface area contributed by atoms with Crippen molar-refractivity contribution in [3.8, 4) is 11.9 Å². The van der Waals surface area contributed by atoms with Gasteiger partial charge in [-0.25, -0.2) is 23.9 Å². The van der Waals surface area contributed by atoms with Crippen LogP contribution in [0.5, 0.6) is 0 Å². The van der Waals surface area contributed by atoms with E-state index in [1.54, 1.807) is 29.3 Å². The average molecular weight is 488 g/mol. The summed E-state index contributed by atoms with van der Waals surface area (Å²) in [5.74, 6) is -1.22. The van der Waals surface area contributed by atoms with Crippen LogP contribution in [0.25, 0.3) is 5.82 Å². The van der Waals surface area contributed by atoms with Crippen LogP contribution < -0.4 is 10.6 Å². The number of nitriles is 1. The third-order valence-electron chi connectivity index (χ3n) is 6.06. The average Bonchev–Trinajstić information content (AvgIpc) is 3.59. The Bertz CT molecular complexity index is 1390. The van der Waals surface area contributed by atoms with Crippen molar-refractivity contribution in [2.24, 2.45) is 10.8 Å². The lowest BCUT2D eigenvalue weighted by Crippen LogP contribution is -2.52. The number of hydrogen-bond donors (Lipinski definition) is 1. The van der Waals surface area contributed by atoms with E-state index in [-0.39, 0.29) is 29.4 Å². The fourth-order valence-corrected chi connectivity index (χ4v) is 4.16. The van der Waals surface area contributed by atoms with Crippen molar-refractivity contribution in [2.75, 3.05) is 31.1 Å². The minimum absolute atomic E-state index is 0.111. The quantitative estimate of drug-likeness (QED) is 0.584. The highest BCUT2D eigenvalue weighted by molar-refractivity contribution is 5.92. The number of nitrogens with zero attached hydrogens (tertiary/aromatic N) is 9. The van der Waals surface area contributed by atoms with Gasteiger partial charge in [0.1, 0.15) is 0 Å². The summed E-state index contributed by atoms with van der Waals surface area (Å²) < 4.78 is 15.5. The van der Waals surface area contributed by atoms with Crippen molar-refractivity contribution in [1.82, 2.24) is 29.7 Å².